The molecule has 3 rings (SSSR count). The molecular weight excluding hydrogens is 290 g/mol. The van der Waals surface area contributed by atoms with Crippen LogP contribution in [0.15, 0.2) is 48.5 Å². The van der Waals surface area contributed by atoms with Crippen LogP contribution in [0.4, 0.5) is 0 Å². The number of para-hydroxylation sites is 2. The standard InChI is InChI=1S/C18H19N3O2/c1-21-16-9-4-3-8-15(16)20-17(21)11-19-18(22)14-7-5-6-13(10-14)12-23-2/h3-10H,11-12H2,1-2H3,(H,19,22). The molecule has 0 fully saturated rings. The molecule has 1 aromatic heterocycles. The largest absolute Gasteiger partial charge is 0.380 e. The van der Waals surface area contributed by atoms with Gasteiger partial charge < -0.3 is 14.6 Å². The lowest BCUT2D eigenvalue weighted by Gasteiger charge is -2.07. The number of hydrogen-bond donors (Lipinski definition) is 1. The van der Waals surface area contributed by atoms with E-state index in [4.69, 9.17) is 4.74 Å². The van der Waals surface area contributed by atoms with E-state index in [0.717, 1.165) is 22.4 Å². The predicted octanol–water partition coefficient (Wildman–Crippen LogP) is 2.65. The second-order valence-corrected chi connectivity index (χ2v) is 5.39. The van der Waals surface area contributed by atoms with Crippen molar-refractivity contribution in [3.05, 3.63) is 65.5 Å². The zero-order valence-corrected chi connectivity index (χ0v) is 13.2. The normalized spacial score (nSPS) is 10.9. The molecule has 3 aromatic rings. The van der Waals surface area contributed by atoms with Gasteiger partial charge in [0.25, 0.3) is 5.91 Å². The number of benzene rings is 2. The van der Waals surface area contributed by atoms with Gasteiger partial charge in [0.05, 0.1) is 24.2 Å². The lowest BCUT2D eigenvalue weighted by atomic mass is 10.1. The van der Waals surface area contributed by atoms with Gasteiger partial charge in [-0.05, 0) is 29.8 Å². The van der Waals surface area contributed by atoms with Crippen LogP contribution in [0.5, 0.6) is 0 Å². The molecule has 23 heavy (non-hydrogen) atoms. The fourth-order valence-electron chi connectivity index (χ4n) is 2.58. The molecule has 118 valence electrons. The highest BCUT2D eigenvalue weighted by atomic mass is 16.5. The summed E-state index contributed by atoms with van der Waals surface area (Å²) in [6, 6.07) is 15.4. The number of amides is 1. The van der Waals surface area contributed by atoms with Gasteiger partial charge in [-0.15, -0.1) is 0 Å². The summed E-state index contributed by atoms with van der Waals surface area (Å²) in [5.41, 5.74) is 3.58. The van der Waals surface area contributed by atoms with E-state index >= 15 is 0 Å². The number of carbonyl (C=O) groups is 1. The number of nitrogens with one attached hydrogen (secondary N) is 1. The van der Waals surface area contributed by atoms with Gasteiger partial charge in [0.15, 0.2) is 0 Å². The minimum absolute atomic E-state index is 0.116. The summed E-state index contributed by atoms with van der Waals surface area (Å²) in [5.74, 6) is 0.711. The third-order valence-electron chi connectivity index (χ3n) is 3.79. The molecule has 0 saturated carbocycles. The molecule has 0 radical (unpaired) electrons. The predicted molar refractivity (Wildman–Crippen MR) is 89.0 cm³/mol. The second kappa shape index (κ2) is 6.62. The number of nitrogens with zero attached hydrogens (tertiary/aromatic N) is 2. The van der Waals surface area contributed by atoms with Crippen LogP contribution in [0.3, 0.4) is 0 Å². The Morgan fingerprint density at radius 2 is 2.04 bits per heavy atom. The van der Waals surface area contributed by atoms with Gasteiger partial charge >= 0.3 is 0 Å². The lowest BCUT2D eigenvalue weighted by Crippen LogP contribution is -2.24. The van der Waals surface area contributed by atoms with Crippen molar-refractivity contribution in [2.24, 2.45) is 7.05 Å². The Balaban J connectivity index is 1.73. The van der Waals surface area contributed by atoms with Crippen LogP contribution in [0.1, 0.15) is 21.7 Å². The van der Waals surface area contributed by atoms with Gasteiger partial charge in [0, 0.05) is 19.7 Å². The van der Waals surface area contributed by atoms with Crippen LogP contribution in [0.25, 0.3) is 11.0 Å². The summed E-state index contributed by atoms with van der Waals surface area (Å²) in [7, 11) is 3.59. The first-order valence-electron chi connectivity index (χ1n) is 7.45. The fourth-order valence-corrected chi connectivity index (χ4v) is 2.58. The maximum atomic E-state index is 12.3. The lowest BCUT2D eigenvalue weighted by molar-refractivity contribution is 0.0949. The molecule has 0 aliphatic heterocycles. The first-order chi connectivity index (χ1) is 11.2. The molecule has 2 aromatic carbocycles. The number of fused-ring (bicyclic) bond motifs is 1. The van der Waals surface area contributed by atoms with Crippen LogP contribution in [0.2, 0.25) is 0 Å². The number of rotatable bonds is 5. The molecular formula is C18H19N3O2. The van der Waals surface area contributed by atoms with Crippen molar-refractivity contribution in [2.45, 2.75) is 13.2 Å². The highest BCUT2D eigenvalue weighted by Crippen LogP contribution is 2.14. The molecule has 0 spiro atoms. The summed E-state index contributed by atoms with van der Waals surface area (Å²) in [4.78, 5) is 16.9. The van der Waals surface area contributed by atoms with Crippen molar-refractivity contribution < 1.29 is 9.53 Å². The quantitative estimate of drug-likeness (QED) is 0.788. The molecule has 5 heteroatoms. The molecule has 0 atom stereocenters. The van der Waals surface area contributed by atoms with Gasteiger partial charge in [0.2, 0.25) is 0 Å². The van der Waals surface area contributed by atoms with Gasteiger partial charge in [-0.2, -0.15) is 0 Å². The number of ether oxygens (including phenoxy) is 1. The zero-order chi connectivity index (χ0) is 16.2. The van der Waals surface area contributed by atoms with E-state index in [1.54, 1.807) is 13.2 Å². The maximum absolute atomic E-state index is 12.3. The highest BCUT2D eigenvalue weighted by Gasteiger charge is 2.10. The number of hydrogen-bond acceptors (Lipinski definition) is 3. The average Bonchev–Trinajstić information content (AvgIpc) is 2.90. The highest BCUT2D eigenvalue weighted by molar-refractivity contribution is 5.94. The van der Waals surface area contributed by atoms with E-state index < -0.39 is 0 Å². The van der Waals surface area contributed by atoms with Gasteiger partial charge in [-0.1, -0.05) is 24.3 Å². The van der Waals surface area contributed by atoms with Crippen molar-refractivity contribution in [2.75, 3.05) is 7.11 Å². The van der Waals surface area contributed by atoms with Crippen LogP contribution in [-0.2, 0) is 24.9 Å². The number of methoxy groups -OCH3 is 1. The summed E-state index contributed by atoms with van der Waals surface area (Å²) >= 11 is 0. The fraction of sp³-hybridized carbons (Fsp3) is 0.222. The Morgan fingerprint density at radius 1 is 1.22 bits per heavy atom. The first kappa shape index (κ1) is 15.2. The van der Waals surface area contributed by atoms with E-state index in [-0.39, 0.29) is 5.91 Å². The van der Waals surface area contributed by atoms with Crippen molar-refractivity contribution in [3.63, 3.8) is 0 Å². The van der Waals surface area contributed by atoms with Crippen LogP contribution in [0, 0.1) is 0 Å². The SMILES string of the molecule is COCc1cccc(C(=O)NCc2nc3ccccc3n2C)c1. The van der Waals surface area contributed by atoms with E-state index in [1.165, 1.54) is 0 Å². The Bertz CT molecular complexity index is 839. The minimum Gasteiger partial charge on any atom is -0.380 e. The summed E-state index contributed by atoms with van der Waals surface area (Å²) < 4.78 is 7.09. The molecule has 5 nitrogen and oxygen atoms in total. The third kappa shape index (κ3) is 3.24. The van der Waals surface area contributed by atoms with Gasteiger partial charge in [-0.25, -0.2) is 4.98 Å². The molecule has 1 N–H and O–H groups in total. The van der Waals surface area contributed by atoms with Crippen molar-refractivity contribution >= 4 is 16.9 Å². The van der Waals surface area contributed by atoms with Crippen molar-refractivity contribution in [3.8, 4) is 0 Å². The topological polar surface area (TPSA) is 56.1 Å². The Morgan fingerprint density at radius 3 is 2.83 bits per heavy atom. The Labute approximate surface area is 134 Å². The Kier molecular flexibility index (Phi) is 4.39. The molecule has 0 unspecified atom stereocenters. The maximum Gasteiger partial charge on any atom is 0.251 e. The number of aryl methyl sites for hydroxylation is 1. The van der Waals surface area contributed by atoms with Crippen molar-refractivity contribution in [1.82, 2.24) is 14.9 Å². The van der Waals surface area contributed by atoms with Crippen molar-refractivity contribution in [1.29, 1.82) is 0 Å². The smallest absolute Gasteiger partial charge is 0.251 e. The number of imidazole rings is 1. The molecule has 0 saturated heterocycles. The average molecular weight is 309 g/mol. The van der Waals surface area contributed by atoms with E-state index in [9.17, 15) is 4.79 Å². The molecule has 0 bridgehead atoms. The van der Waals surface area contributed by atoms with E-state index in [0.29, 0.717) is 18.7 Å². The first-order valence-corrected chi connectivity index (χ1v) is 7.45. The molecule has 1 amide bonds. The van der Waals surface area contributed by atoms with Gasteiger partial charge in [0.1, 0.15) is 5.82 Å². The molecule has 0 aliphatic rings. The van der Waals surface area contributed by atoms with E-state index in [2.05, 4.69) is 10.3 Å². The number of aromatic nitrogens is 2. The Hall–Kier alpha value is -2.66. The number of carbonyl (C=O) groups excluding carboxylic acids is 1. The summed E-state index contributed by atoms with van der Waals surface area (Å²) in [5, 5.41) is 2.92. The van der Waals surface area contributed by atoms with Crippen LogP contribution >= 0.6 is 0 Å². The minimum atomic E-state index is -0.116. The summed E-state index contributed by atoms with van der Waals surface area (Å²) in [6.07, 6.45) is 0. The van der Waals surface area contributed by atoms with Gasteiger partial charge in [-0.3, -0.25) is 4.79 Å². The second-order valence-electron chi connectivity index (χ2n) is 5.39. The van der Waals surface area contributed by atoms with Crippen LogP contribution in [-0.4, -0.2) is 22.6 Å². The van der Waals surface area contributed by atoms with E-state index in [1.807, 2.05) is 54.1 Å². The van der Waals surface area contributed by atoms with Crippen LogP contribution < -0.4 is 5.32 Å². The zero-order valence-electron chi connectivity index (χ0n) is 13.2. The molecule has 1 heterocycles. The molecule has 0 aliphatic carbocycles. The monoisotopic (exact) mass is 309 g/mol. The third-order valence-corrected chi connectivity index (χ3v) is 3.79. The summed E-state index contributed by atoms with van der Waals surface area (Å²) in [6.45, 7) is 0.879.